The molecule has 1 unspecified atom stereocenters. The van der Waals surface area contributed by atoms with Crippen molar-refractivity contribution in [1.82, 2.24) is 0 Å². The van der Waals surface area contributed by atoms with Crippen LogP contribution in [0.15, 0.2) is 42.5 Å². The molecule has 2 aliphatic rings. The average molecular weight is 336 g/mol. The van der Waals surface area contributed by atoms with Crippen LogP contribution < -0.4 is 15.0 Å². The second-order valence-corrected chi connectivity index (χ2v) is 6.78. The summed E-state index contributed by atoms with van der Waals surface area (Å²) in [5.41, 5.74) is 2.19. The van der Waals surface area contributed by atoms with E-state index in [2.05, 4.69) is 11.4 Å². The summed E-state index contributed by atoms with van der Waals surface area (Å²) in [4.78, 5) is 27.6. The Hall–Kier alpha value is -2.82. The number of anilines is 2. The number of carbonyl (C=O) groups is 2. The second kappa shape index (κ2) is 5.62. The Bertz CT molecular complexity index is 877. The molecule has 0 fully saturated rings. The number of benzene rings is 2. The van der Waals surface area contributed by atoms with Crippen LogP contribution in [0.4, 0.5) is 11.4 Å². The highest BCUT2D eigenvalue weighted by Crippen LogP contribution is 2.36. The lowest BCUT2D eigenvalue weighted by Gasteiger charge is -2.39. The Morgan fingerprint density at radius 1 is 1.24 bits per heavy atom. The maximum Gasteiger partial charge on any atom is 0.280 e. The van der Waals surface area contributed by atoms with E-state index >= 15 is 0 Å². The number of fused-ring (bicyclic) bond motifs is 2. The molecule has 4 rings (SSSR count). The molecule has 1 atom stereocenters. The number of nitrogens with one attached hydrogen (secondary N) is 1. The van der Waals surface area contributed by atoms with E-state index in [1.54, 1.807) is 24.0 Å². The highest BCUT2D eigenvalue weighted by Gasteiger charge is 2.50. The van der Waals surface area contributed by atoms with Crippen LogP contribution in [0.2, 0.25) is 0 Å². The lowest BCUT2D eigenvalue weighted by atomic mass is 9.95. The molecule has 2 aliphatic heterocycles. The molecule has 5 heteroatoms. The molecule has 0 saturated heterocycles. The van der Waals surface area contributed by atoms with Crippen molar-refractivity contribution in [3.63, 3.8) is 0 Å². The van der Waals surface area contributed by atoms with E-state index in [0.29, 0.717) is 18.0 Å². The first kappa shape index (κ1) is 15.7. The largest absolute Gasteiger partial charge is 0.465 e. The summed E-state index contributed by atoms with van der Waals surface area (Å²) >= 11 is 0. The fourth-order valence-corrected chi connectivity index (χ4v) is 3.50. The van der Waals surface area contributed by atoms with Crippen LogP contribution in [0.1, 0.15) is 24.5 Å². The van der Waals surface area contributed by atoms with Gasteiger partial charge in [0.1, 0.15) is 5.75 Å². The predicted octanol–water partition coefficient (Wildman–Crippen LogP) is 3.06. The topological polar surface area (TPSA) is 58.6 Å². The number of rotatable bonds is 1. The number of para-hydroxylation sites is 2. The van der Waals surface area contributed by atoms with Crippen LogP contribution in [-0.2, 0) is 16.0 Å². The van der Waals surface area contributed by atoms with Crippen LogP contribution >= 0.6 is 0 Å². The van der Waals surface area contributed by atoms with E-state index in [4.69, 9.17) is 4.74 Å². The number of hydrogen-bond donors (Lipinski definition) is 1. The summed E-state index contributed by atoms with van der Waals surface area (Å²) in [5, 5.41) is 2.79. The Kier molecular flexibility index (Phi) is 3.53. The van der Waals surface area contributed by atoms with E-state index < -0.39 is 11.5 Å². The number of aryl methyl sites for hydroxylation is 2. The average Bonchev–Trinajstić information content (AvgIpc) is 2.61. The van der Waals surface area contributed by atoms with Crippen LogP contribution in [0.5, 0.6) is 5.75 Å². The molecule has 2 aromatic carbocycles. The van der Waals surface area contributed by atoms with Gasteiger partial charge in [0.25, 0.3) is 17.4 Å². The van der Waals surface area contributed by atoms with Gasteiger partial charge in [0.05, 0.1) is 5.69 Å². The van der Waals surface area contributed by atoms with Crippen molar-refractivity contribution in [2.75, 3.05) is 16.8 Å². The fourth-order valence-electron chi connectivity index (χ4n) is 3.50. The molecule has 0 saturated carbocycles. The standard InChI is InChI=1S/C20H20N2O3/c1-13-9-10-16-14(12-13)6-5-11-22(16)19(24)20(2)18(23)21-15-7-3-4-8-17(15)25-20/h3-4,7-10,12H,5-6,11H2,1-2H3,(H,21,23). The lowest BCUT2D eigenvalue weighted by Crippen LogP contribution is -2.60. The minimum absolute atomic E-state index is 0.329. The van der Waals surface area contributed by atoms with Gasteiger partial charge in [0.2, 0.25) is 0 Å². The third-order valence-corrected chi connectivity index (χ3v) is 4.89. The van der Waals surface area contributed by atoms with Crippen LogP contribution in [0, 0.1) is 6.92 Å². The van der Waals surface area contributed by atoms with Crippen molar-refractivity contribution in [1.29, 1.82) is 0 Å². The highest BCUT2D eigenvalue weighted by molar-refractivity contribution is 6.19. The predicted molar refractivity (Wildman–Crippen MR) is 96.0 cm³/mol. The minimum atomic E-state index is -1.58. The van der Waals surface area contributed by atoms with Gasteiger partial charge in [-0.25, -0.2) is 0 Å². The molecular formula is C20H20N2O3. The monoisotopic (exact) mass is 336 g/mol. The Labute approximate surface area is 146 Å². The van der Waals surface area contributed by atoms with Gasteiger partial charge in [0.15, 0.2) is 0 Å². The number of ether oxygens (including phenoxy) is 1. The molecule has 25 heavy (non-hydrogen) atoms. The maximum atomic E-state index is 13.3. The van der Waals surface area contributed by atoms with Crippen molar-refractivity contribution in [2.45, 2.75) is 32.3 Å². The molecule has 5 nitrogen and oxygen atoms in total. The summed E-state index contributed by atoms with van der Waals surface area (Å²) in [6, 6.07) is 13.2. The summed E-state index contributed by atoms with van der Waals surface area (Å²) in [5.74, 6) is -0.251. The number of carbonyl (C=O) groups excluding carboxylic acids is 2. The number of nitrogens with zero attached hydrogens (tertiary/aromatic N) is 1. The van der Waals surface area contributed by atoms with Crippen LogP contribution in [0.25, 0.3) is 0 Å². The molecule has 0 bridgehead atoms. The molecule has 0 aromatic heterocycles. The molecule has 0 aliphatic carbocycles. The molecular weight excluding hydrogens is 316 g/mol. The summed E-state index contributed by atoms with van der Waals surface area (Å²) in [6.07, 6.45) is 1.81. The van der Waals surface area contributed by atoms with Gasteiger partial charge < -0.3 is 15.0 Å². The third kappa shape index (κ3) is 2.47. The first-order valence-corrected chi connectivity index (χ1v) is 8.50. The Balaban J connectivity index is 1.71. The zero-order valence-electron chi connectivity index (χ0n) is 14.3. The summed E-state index contributed by atoms with van der Waals surface area (Å²) < 4.78 is 5.88. The number of hydrogen-bond acceptors (Lipinski definition) is 3. The van der Waals surface area contributed by atoms with Gasteiger partial charge in [0, 0.05) is 12.2 Å². The molecule has 1 N–H and O–H groups in total. The molecule has 0 spiro atoms. The van der Waals surface area contributed by atoms with Crippen molar-refractivity contribution < 1.29 is 14.3 Å². The fraction of sp³-hybridized carbons (Fsp3) is 0.300. The molecule has 2 aromatic rings. The van der Waals surface area contributed by atoms with E-state index in [9.17, 15) is 9.59 Å². The van der Waals surface area contributed by atoms with Gasteiger partial charge >= 0.3 is 0 Å². The van der Waals surface area contributed by atoms with Crippen molar-refractivity contribution in [3.05, 3.63) is 53.6 Å². The molecule has 128 valence electrons. The van der Waals surface area contributed by atoms with Gasteiger partial charge in [-0.2, -0.15) is 0 Å². The smallest absolute Gasteiger partial charge is 0.280 e. The van der Waals surface area contributed by atoms with E-state index in [0.717, 1.165) is 24.1 Å². The normalized spacial score (nSPS) is 21.7. The van der Waals surface area contributed by atoms with Gasteiger partial charge in [-0.15, -0.1) is 0 Å². The second-order valence-electron chi connectivity index (χ2n) is 6.78. The SMILES string of the molecule is Cc1ccc2c(c1)CCCN2C(=O)C1(C)Oc2ccccc2NC1=O. The zero-order chi connectivity index (χ0) is 17.6. The minimum Gasteiger partial charge on any atom is -0.465 e. The van der Waals surface area contributed by atoms with E-state index in [1.165, 1.54) is 5.56 Å². The third-order valence-electron chi connectivity index (χ3n) is 4.89. The van der Waals surface area contributed by atoms with Crippen LogP contribution in [0.3, 0.4) is 0 Å². The van der Waals surface area contributed by atoms with Gasteiger partial charge in [-0.3, -0.25) is 9.59 Å². The molecule has 2 heterocycles. The first-order chi connectivity index (χ1) is 12.0. The van der Waals surface area contributed by atoms with Crippen molar-refractivity contribution in [3.8, 4) is 5.75 Å². The van der Waals surface area contributed by atoms with Gasteiger partial charge in [-0.1, -0.05) is 29.8 Å². The first-order valence-electron chi connectivity index (χ1n) is 8.50. The van der Waals surface area contributed by atoms with E-state index in [1.807, 2.05) is 31.2 Å². The molecule has 0 radical (unpaired) electrons. The zero-order valence-corrected chi connectivity index (χ0v) is 14.3. The van der Waals surface area contributed by atoms with Crippen LogP contribution in [-0.4, -0.2) is 24.0 Å². The lowest BCUT2D eigenvalue weighted by molar-refractivity contribution is -0.144. The van der Waals surface area contributed by atoms with Gasteiger partial charge in [-0.05, 0) is 50.5 Å². The Morgan fingerprint density at radius 3 is 2.88 bits per heavy atom. The Morgan fingerprint density at radius 2 is 2.04 bits per heavy atom. The highest BCUT2D eigenvalue weighted by atomic mass is 16.5. The quantitative estimate of drug-likeness (QED) is 0.814. The van der Waals surface area contributed by atoms with Crippen molar-refractivity contribution in [2.24, 2.45) is 0 Å². The maximum absolute atomic E-state index is 13.3. The van der Waals surface area contributed by atoms with E-state index in [-0.39, 0.29) is 5.91 Å². The number of amides is 2. The summed E-state index contributed by atoms with van der Waals surface area (Å²) in [7, 11) is 0. The summed E-state index contributed by atoms with van der Waals surface area (Å²) in [6.45, 7) is 4.17. The van der Waals surface area contributed by atoms with Crippen molar-refractivity contribution >= 4 is 23.2 Å². The molecule has 2 amide bonds.